The Morgan fingerprint density at radius 2 is 1.56 bits per heavy atom. The van der Waals surface area contributed by atoms with Crippen LogP contribution in [0.3, 0.4) is 0 Å². The number of likely N-dealkylation sites (N-methyl/N-ethyl adjacent to an activating group) is 1. The topological polar surface area (TPSA) is 49.4 Å². The van der Waals surface area contributed by atoms with Crippen LogP contribution in [0.4, 0.5) is 0 Å². The zero-order valence-corrected chi connectivity index (χ0v) is 16.9. The van der Waals surface area contributed by atoms with Crippen molar-refractivity contribution in [2.24, 2.45) is 0 Å². The lowest BCUT2D eigenvalue weighted by Crippen LogP contribution is -2.47. The Kier molecular flexibility index (Phi) is 7.21. The lowest BCUT2D eigenvalue weighted by molar-refractivity contribution is -0.136. The van der Waals surface area contributed by atoms with Gasteiger partial charge < -0.3 is 10.2 Å². The lowest BCUT2D eigenvalue weighted by Gasteiger charge is -2.25. The van der Waals surface area contributed by atoms with Crippen molar-refractivity contribution >= 4 is 11.8 Å². The Labute approximate surface area is 153 Å². The third-order valence-corrected chi connectivity index (χ3v) is 4.03. The maximum atomic E-state index is 12.4. The van der Waals surface area contributed by atoms with Gasteiger partial charge in [-0.15, -0.1) is 0 Å². The van der Waals surface area contributed by atoms with Crippen molar-refractivity contribution in [3.63, 3.8) is 0 Å². The van der Waals surface area contributed by atoms with Gasteiger partial charge in [0, 0.05) is 18.5 Å². The van der Waals surface area contributed by atoms with E-state index in [9.17, 15) is 9.59 Å². The Balaban J connectivity index is 2.57. The van der Waals surface area contributed by atoms with E-state index in [4.69, 9.17) is 0 Å². The SMILES string of the molecule is CCN(CC(=O)NC(C)(C)C)C(=O)CCc1ccc(C(C)(C)C)cc1. The number of aryl methyl sites for hydroxylation is 1. The van der Waals surface area contributed by atoms with Crippen LogP contribution in [0.2, 0.25) is 0 Å². The number of carbonyl (C=O) groups is 2. The highest BCUT2D eigenvalue weighted by Crippen LogP contribution is 2.22. The maximum Gasteiger partial charge on any atom is 0.240 e. The summed E-state index contributed by atoms with van der Waals surface area (Å²) in [4.78, 5) is 26.1. The maximum absolute atomic E-state index is 12.4. The summed E-state index contributed by atoms with van der Waals surface area (Å²) < 4.78 is 0. The van der Waals surface area contributed by atoms with Crippen molar-refractivity contribution < 1.29 is 9.59 Å². The predicted molar refractivity (Wildman–Crippen MR) is 104 cm³/mol. The van der Waals surface area contributed by atoms with E-state index < -0.39 is 0 Å². The van der Waals surface area contributed by atoms with Crippen molar-refractivity contribution in [2.45, 2.75) is 72.3 Å². The van der Waals surface area contributed by atoms with Gasteiger partial charge in [-0.25, -0.2) is 0 Å². The summed E-state index contributed by atoms with van der Waals surface area (Å²) >= 11 is 0. The first-order chi connectivity index (χ1) is 11.4. The summed E-state index contributed by atoms with van der Waals surface area (Å²) in [7, 11) is 0. The number of carbonyl (C=O) groups excluding carboxylic acids is 2. The summed E-state index contributed by atoms with van der Waals surface area (Å²) in [6.45, 7) is 14.9. The van der Waals surface area contributed by atoms with E-state index >= 15 is 0 Å². The van der Waals surface area contributed by atoms with Crippen LogP contribution in [0.1, 0.15) is 66.0 Å². The first-order valence-electron chi connectivity index (χ1n) is 9.10. The van der Waals surface area contributed by atoms with Crippen LogP contribution >= 0.6 is 0 Å². The molecular formula is C21H34N2O2. The van der Waals surface area contributed by atoms with E-state index in [0.29, 0.717) is 19.4 Å². The van der Waals surface area contributed by atoms with Crippen LogP contribution in [0.5, 0.6) is 0 Å². The van der Waals surface area contributed by atoms with E-state index in [1.165, 1.54) is 5.56 Å². The standard InChI is InChI=1S/C21H34N2O2/c1-8-23(15-18(24)22-21(5,6)7)19(25)14-11-16-9-12-17(13-10-16)20(2,3)4/h9-10,12-13H,8,11,14-15H2,1-7H3,(H,22,24). The number of nitrogens with one attached hydrogen (secondary N) is 1. The number of amides is 2. The van der Waals surface area contributed by atoms with Gasteiger partial charge in [0.2, 0.25) is 11.8 Å². The van der Waals surface area contributed by atoms with E-state index in [1.807, 2.05) is 27.7 Å². The minimum atomic E-state index is -0.283. The third-order valence-electron chi connectivity index (χ3n) is 4.03. The highest BCUT2D eigenvalue weighted by atomic mass is 16.2. The highest BCUT2D eigenvalue weighted by Gasteiger charge is 2.19. The molecule has 0 aliphatic rings. The fraction of sp³-hybridized carbons (Fsp3) is 0.619. The number of nitrogens with zero attached hydrogens (tertiary/aromatic N) is 1. The fourth-order valence-corrected chi connectivity index (χ4v) is 2.59. The molecule has 1 aromatic carbocycles. The second kappa shape index (κ2) is 8.50. The molecule has 4 heteroatoms. The molecule has 1 aromatic rings. The van der Waals surface area contributed by atoms with Crippen molar-refractivity contribution in [2.75, 3.05) is 13.1 Å². The Bertz CT molecular complexity index is 577. The molecule has 0 fully saturated rings. The molecule has 0 radical (unpaired) electrons. The van der Waals surface area contributed by atoms with Crippen molar-refractivity contribution in [1.82, 2.24) is 10.2 Å². The van der Waals surface area contributed by atoms with Crippen LogP contribution in [-0.2, 0) is 21.4 Å². The smallest absolute Gasteiger partial charge is 0.240 e. The van der Waals surface area contributed by atoms with Crippen molar-refractivity contribution in [3.05, 3.63) is 35.4 Å². The molecule has 0 heterocycles. The minimum Gasteiger partial charge on any atom is -0.350 e. The van der Waals surface area contributed by atoms with Crippen LogP contribution in [0.25, 0.3) is 0 Å². The summed E-state index contributed by atoms with van der Waals surface area (Å²) in [6.07, 6.45) is 1.12. The molecule has 4 nitrogen and oxygen atoms in total. The molecule has 140 valence electrons. The monoisotopic (exact) mass is 346 g/mol. The fourth-order valence-electron chi connectivity index (χ4n) is 2.59. The molecule has 0 spiro atoms. The first kappa shape index (κ1) is 21.2. The molecule has 1 rings (SSSR count). The predicted octanol–water partition coefficient (Wildman–Crippen LogP) is 3.68. The molecule has 2 amide bonds. The largest absolute Gasteiger partial charge is 0.350 e. The molecule has 0 saturated heterocycles. The van der Waals surface area contributed by atoms with Gasteiger partial charge in [-0.05, 0) is 50.7 Å². The molecule has 0 unspecified atom stereocenters. The number of benzene rings is 1. The molecule has 0 aliphatic carbocycles. The number of rotatable bonds is 6. The third kappa shape index (κ3) is 7.72. The van der Waals surface area contributed by atoms with Crippen LogP contribution in [0, 0.1) is 0 Å². The van der Waals surface area contributed by atoms with Gasteiger partial charge in [0.25, 0.3) is 0 Å². The van der Waals surface area contributed by atoms with Gasteiger partial charge >= 0.3 is 0 Å². The number of hydrogen-bond acceptors (Lipinski definition) is 2. The molecule has 0 aliphatic heterocycles. The molecule has 25 heavy (non-hydrogen) atoms. The summed E-state index contributed by atoms with van der Waals surface area (Å²) in [5, 5.41) is 2.90. The van der Waals surface area contributed by atoms with Gasteiger partial charge in [-0.3, -0.25) is 9.59 Å². The van der Waals surface area contributed by atoms with Crippen molar-refractivity contribution in [1.29, 1.82) is 0 Å². The first-order valence-corrected chi connectivity index (χ1v) is 9.10. The molecular weight excluding hydrogens is 312 g/mol. The second-order valence-corrected chi connectivity index (χ2v) is 8.65. The van der Waals surface area contributed by atoms with E-state index in [2.05, 4.69) is 50.4 Å². The van der Waals surface area contributed by atoms with Gasteiger partial charge in [0.15, 0.2) is 0 Å². The molecule has 0 atom stereocenters. The molecule has 0 saturated carbocycles. The average molecular weight is 347 g/mol. The molecule has 1 N–H and O–H groups in total. The Hall–Kier alpha value is -1.84. The van der Waals surface area contributed by atoms with Crippen LogP contribution in [0.15, 0.2) is 24.3 Å². The van der Waals surface area contributed by atoms with E-state index in [-0.39, 0.29) is 29.3 Å². The molecule has 0 bridgehead atoms. The number of hydrogen-bond donors (Lipinski definition) is 1. The zero-order valence-electron chi connectivity index (χ0n) is 16.9. The van der Waals surface area contributed by atoms with Gasteiger partial charge in [-0.2, -0.15) is 0 Å². The summed E-state index contributed by atoms with van der Waals surface area (Å²) in [5.41, 5.74) is 2.29. The van der Waals surface area contributed by atoms with Gasteiger partial charge in [0.05, 0.1) is 6.54 Å². The van der Waals surface area contributed by atoms with E-state index in [1.54, 1.807) is 4.90 Å². The second-order valence-electron chi connectivity index (χ2n) is 8.65. The summed E-state index contributed by atoms with van der Waals surface area (Å²) in [6, 6.07) is 8.45. The van der Waals surface area contributed by atoms with E-state index in [0.717, 1.165) is 5.56 Å². The molecule has 0 aromatic heterocycles. The van der Waals surface area contributed by atoms with Gasteiger partial charge in [-0.1, -0.05) is 45.0 Å². The normalized spacial score (nSPS) is 12.0. The quantitative estimate of drug-likeness (QED) is 0.854. The van der Waals surface area contributed by atoms with Crippen molar-refractivity contribution in [3.8, 4) is 0 Å². The average Bonchev–Trinajstić information content (AvgIpc) is 2.48. The zero-order chi connectivity index (χ0) is 19.3. The Morgan fingerprint density at radius 1 is 1.00 bits per heavy atom. The summed E-state index contributed by atoms with van der Waals surface area (Å²) in [5.74, 6) is -0.0938. The highest BCUT2D eigenvalue weighted by molar-refractivity contribution is 5.85. The minimum absolute atomic E-state index is 0.0199. The van der Waals surface area contributed by atoms with Crippen LogP contribution in [-0.4, -0.2) is 35.3 Å². The van der Waals surface area contributed by atoms with Gasteiger partial charge in [0.1, 0.15) is 0 Å². The van der Waals surface area contributed by atoms with Crippen LogP contribution < -0.4 is 5.32 Å². The Morgan fingerprint density at radius 3 is 2.00 bits per heavy atom. The lowest BCUT2D eigenvalue weighted by atomic mass is 9.86.